The van der Waals surface area contributed by atoms with Crippen molar-refractivity contribution in [2.75, 3.05) is 0 Å². The van der Waals surface area contributed by atoms with Crippen LogP contribution in [0.3, 0.4) is 0 Å². The van der Waals surface area contributed by atoms with Gasteiger partial charge in [-0.05, 0) is 44.4 Å². The Labute approximate surface area is 123 Å². The van der Waals surface area contributed by atoms with Crippen molar-refractivity contribution in [3.63, 3.8) is 0 Å². The monoisotopic (exact) mass is 281 g/mol. The summed E-state index contributed by atoms with van der Waals surface area (Å²) in [5, 5.41) is 12.0. The van der Waals surface area contributed by atoms with Gasteiger partial charge >= 0.3 is 5.97 Å². The van der Waals surface area contributed by atoms with Crippen molar-refractivity contribution in [3.05, 3.63) is 0 Å². The summed E-state index contributed by atoms with van der Waals surface area (Å²) >= 11 is 0. The SMILES string of the molecule is C1CCC(NC2CCCCC2)CC1.O=C(O)CC1CC1. The van der Waals surface area contributed by atoms with Gasteiger partial charge in [-0.3, -0.25) is 4.79 Å². The fourth-order valence-electron chi connectivity index (χ4n) is 3.44. The van der Waals surface area contributed by atoms with Gasteiger partial charge in [0.2, 0.25) is 0 Å². The summed E-state index contributed by atoms with van der Waals surface area (Å²) in [7, 11) is 0. The molecule has 0 amide bonds. The quantitative estimate of drug-likeness (QED) is 0.815. The van der Waals surface area contributed by atoms with E-state index < -0.39 is 5.97 Å². The van der Waals surface area contributed by atoms with E-state index in [0.717, 1.165) is 24.9 Å². The smallest absolute Gasteiger partial charge is 0.303 e. The molecular formula is C17H31NO2. The Morgan fingerprint density at radius 2 is 1.25 bits per heavy atom. The summed E-state index contributed by atoms with van der Waals surface area (Å²) in [5.74, 6) is -0.125. The largest absolute Gasteiger partial charge is 0.481 e. The zero-order valence-corrected chi connectivity index (χ0v) is 12.8. The van der Waals surface area contributed by atoms with Crippen LogP contribution in [0.25, 0.3) is 0 Å². The molecule has 3 aliphatic carbocycles. The van der Waals surface area contributed by atoms with Crippen molar-refractivity contribution in [2.45, 2.75) is 95.6 Å². The van der Waals surface area contributed by atoms with Crippen LogP contribution < -0.4 is 5.32 Å². The first-order chi connectivity index (χ1) is 9.74. The molecule has 0 bridgehead atoms. The molecule has 3 fully saturated rings. The lowest BCUT2D eigenvalue weighted by molar-refractivity contribution is -0.137. The molecule has 3 aliphatic rings. The van der Waals surface area contributed by atoms with Gasteiger partial charge in [0.15, 0.2) is 0 Å². The maximum Gasteiger partial charge on any atom is 0.303 e. The van der Waals surface area contributed by atoms with Gasteiger partial charge in [0.05, 0.1) is 0 Å². The molecule has 3 saturated carbocycles. The number of hydrogen-bond donors (Lipinski definition) is 2. The molecule has 0 spiro atoms. The summed E-state index contributed by atoms with van der Waals surface area (Å²) in [5.41, 5.74) is 0. The molecule has 20 heavy (non-hydrogen) atoms. The third-order valence-corrected chi connectivity index (χ3v) is 4.84. The Balaban J connectivity index is 0.000000178. The van der Waals surface area contributed by atoms with Gasteiger partial charge in [0.1, 0.15) is 0 Å². The normalized spacial score (nSPS) is 24.8. The minimum absolute atomic E-state index is 0.389. The van der Waals surface area contributed by atoms with Crippen LogP contribution in [0, 0.1) is 5.92 Å². The fraction of sp³-hybridized carbons (Fsp3) is 0.941. The maximum atomic E-state index is 9.85. The van der Waals surface area contributed by atoms with Gasteiger partial charge in [0, 0.05) is 18.5 Å². The Hall–Kier alpha value is -0.570. The molecule has 0 heterocycles. The van der Waals surface area contributed by atoms with E-state index in [1.165, 1.54) is 64.2 Å². The Morgan fingerprint density at radius 1 is 0.800 bits per heavy atom. The van der Waals surface area contributed by atoms with E-state index >= 15 is 0 Å². The topological polar surface area (TPSA) is 49.3 Å². The van der Waals surface area contributed by atoms with Crippen LogP contribution >= 0.6 is 0 Å². The second kappa shape index (κ2) is 8.66. The van der Waals surface area contributed by atoms with Gasteiger partial charge in [0.25, 0.3) is 0 Å². The number of carbonyl (C=O) groups is 1. The lowest BCUT2D eigenvalue weighted by Crippen LogP contribution is -2.40. The average molecular weight is 281 g/mol. The van der Waals surface area contributed by atoms with Crippen molar-refractivity contribution in [1.29, 1.82) is 0 Å². The van der Waals surface area contributed by atoms with Crippen LogP contribution in [0.4, 0.5) is 0 Å². The van der Waals surface area contributed by atoms with E-state index in [-0.39, 0.29) is 0 Å². The van der Waals surface area contributed by atoms with Gasteiger partial charge in [-0.1, -0.05) is 38.5 Å². The molecule has 0 aliphatic heterocycles. The molecule has 3 rings (SSSR count). The summed E-state index contributed by atoms with van der Waals surface area (Å²) in [6.07, 6.45) is 17.2. The van der Waals surface area contributed by atoms with Crippen molar-refractivity contribution in [2.24, 2.45) is 5.92 Å². The van der Waals surface area contributed by atoms with Gasteiger partial charge in [-0.15, -0.1) is 0 Å². The Kier molecular flexibility index (Phi) is 6.85. The van der Waals surface area contributed by atoms with E-state index in [2.05, 4.69) is 5.32 Å². The molecule has 2 N–H and O–H groups in total. The Morgan fingerprint density at radius 3 is 1.55 bits per heavy atom. The zero-order chi connectivity index (χ0) is 14.2. The lowest BCUT2D eigenvalue weighted by atomic mass is 9.91. The number of aliphatic carboxylic acids is 1. The van der Waals surface area contributed by atoms with E-state index in [1.807, 2.05) is 0 Å². The van der Waals surface area contributed by atoms with Crippen LogP contribution in [-0.4, -0.2) is 23.2 Å². The minimum Gasteiger partial charge on any atom is -0.481 e. The summed E-state index contributed by atoms with van der Waals surface area (Å²) in [4.78, 5) is 9.85. The van der Waals surface area contributed by atoms with E-state index in [1.54, 1.807) is 0 Å². The first-order valence-corrected chi connectivity index (χ1v) is 8.72. The van der Waals surface area contributed by atoms with Crippen molar-refractivity contribution >= 4 is 5.97 Å². The van der Waals surface area contributed by atoms with Crippen LogP contribution in [0.5, 0.6) is 0 Å². The molecule has 3 heteroatoms. The highest BCUT2D eigenvalue weighted by atomic mass is 16.4. The molecule has 0 aromatic carbocycles. The van der Waals surface area contributed by atoms with E-state index in [0.29, 0.717) is 12.3 Å². The van der Waals surface area contributed by atoms with Crippen LogP contribution in [0.1, 0.15) is 83.5 Å². The molecule has 0 unspecified atom stereocenters. The first kappa shape index (κ1) is 15.8. The Bertz CT molecular complexity index is 261. The summed E-state index contributed by atoms with van der Waals surface area (Å²) < 4.78 is 0. The second-order valence-corrected chi connectivity index (χ2v) is 6.88. The zero-order valence-electron chi connectivity index (χ0n) is 12.8. The highest BCUT2D eigenvalue weighted by molar-refractivity contribution is 5.67. The fourth-order valence-corrected chi connectivity index (χ4v) is 3.44. The number of hydrogen-bond acceptors (Lipinski definition) is 2. The first-order valence-electron chi connectivity index (χ1n) is 8.72. The van der Waals surface area contributed by atoms with E-state index in [4.69, 9.17) is 5.11 Å². The lowest BCUT2D eigenvalue weighted by Gasteiger charge is -2.30. The molecule has 3 nitrogen and oxygen atoms in total. The predicted molar refractivity (Wildman–Crippen MR) is 81.9 cm³/mol. The molecule has 0 aromatic rings. The van der Waals surface area contributed by atoms with Gasteiger partial charge in [-0.2, -0.15) is 0 Å². The highest BCUT2D eigenvalue weighted by Crippen LogP contribution is 2.31. The minimum atomic E-state index is -0.650. The van der Waals surface area contributed by atoms with Crippen LogP contribution in [0.2, 0.25) is 0 Å². The van der Waals surface area contributed by atoms with Gasteiger partial charge in [-0.25, -0.2) is 0 Å². The molecule has 116 valence electrons. The third-order valence-electron chi connectivity index (χ3n) is 4.84. The van der Waals surface area contributed by atoms with E-state index in [9.17, 15) is 4.79 Å². The number of carboxylic acid groups (broad SMARTS) is 1. The van der Waals surface area contributed by atoms with Crippen molar-refractivity contribution in [1.82, 2.24) is 5.32 Å². The number of nitrogens with one attached hydrogen (secondary N) is 1. The predicted octanol–water partition coefficient (Wildman–Crippen LogP) is 4.11. The van der Waals surface area contributed by atoms with Crippen LogP contribution in [0.15, 0.2) is 0 Å². The number of carboxylic acids is 1. The number of rotatable bonds is 4. The van der Waals surface area contributed by atoms with Crippen LogP contribution in [-0.2, 0) is 4.79 Å². The molecular weight excluding hydrogens is 250 g/mol. The second-order valence-electron chi connectivity index (χ2n) is 6.88. The molecule has 0 atom stereocenters. The standard InChI is InChI=1S/C12H23N.C5H8O2/c1-3-7-11(8-4-1)13-12-9-5-2-6-10-12;6-5(7)3-4-1-2-4/h11-13H,1-10H2;4H,1-3H2,(H,6,7). The average Bonchev–Trinajstić information content (AvgIpc) is 3.25. The van der Waals surface area contributed by atoms with Crippen molar-refractivity contribution in [3.8, 4) is 0 Å². The van der Waals surface area contributed by atoms with Crippen molar-refractivity contribution < 1.29 is 9.90 Å². The summed E-state index contributed by atoms with van der Waals surface area (Å²) in [6, 6.07) is 1.74. The molecule has 0 aromatic heterocycles. The third kappa shape index (κ3) is 6.74. The highest BCUT2D eigenvalue weighted by Gasteiger charge is 2.23. The summed E-state index contributed by atoms with van der Waals surface area (Å²) in [6.45, 7) is 0. The molecule has 0 radical (unpaired) electrons. The molecule has 0 saturated heterocycles. The maximum absolute atomic E-state index is 9.85. The van der Waals surface area contributed by atoms with Gasteiger partial charge < -0.3 is 10.4 Å².